The van der Waals surface area contributed by atoms with E-state index < -0.39 is 0 Å². The highest BCUT2D eigenvalue weighted by Gasteiger charge is 2.06. The van der Waals surface area contributed by atoms with Crippen LogP contribution in [0, 0.1) is 0 Å². The molecule has 0 aliphatic rings. The van der Waals surface area contributed by atoms with Crippen molar-refractivity contribution in [3.63, 3.8) is 0 Å². The highest BCUT2D eigenvalue weighted by atomic mass is 35.5. The van der Waals surface area contributed by atoms with E-state index in [1.54, 1.807) is 0 Å². The van der Waals surface area contributed by atoms with Gasteiger partial charge >= 0.3 is 0 Å². The fourth-order valence-corrected chi connectivity index (χ4v) is 2.11. The quantitative estimate of drug-likeness (QED) is 0.691. The molecule has 0 amide bonds. The molecule has 0 nitrogen and oxygen atoms in total. The van der Waals surface area contributed by atoms with E-state index in [4.69, 9.17) is 23.2 Å². The minimum absolute atomic E-state index is 0.803. The van der Waals surface area contributed by atoms with Gasteiger partial charge in [-0.3, -0.25) is 0 Å². The molecule has 2 heteroatoms. The molecule has 0 fully saturated rings. The van der Waals surface area contributed by atoms with E-state index in [0.29, 0.717) is 0 Å². The Morgan fingerprint density at radius 1 is 1.07 bits per heavy atom. The van der Waals surface area contributed by atoms with E-state index in [-0.39, 0.29) is 0 Å². The second kappa shape index (κ2) is 5.63. The molecule has 1 aromatic carbocycles. The zero-order chi connectivity index (χ0) is 10.6. The molecule has 0 heterocycles. The summed E-state index contributed by atoms with van der Waals surface area (Å²) in [5.74, 6) is 0. The predicted molar refractivity (Wildman–Crippen MR) is 64.5 cm³/mol. The number of aryl methyl sites for hydroxylation is 2. The van der Waals surface area contributed by atoms with Crippen LogP contribution in [0.3, 0.4) is 0 Å². The van der Waals surface area contributed by atoms with Crippen LogP contribution < -0.4 is 0 Å². The molecule has 0 atom stereocenters. The van der Waals surface area contributed by atoms with Crippen molar-refractivity contribution in [2.45, 2.75) is 39.5 Å². The standard InChI is InChI=1S/C12H16Cl2/c1-3-5-6-10-8-11(13)7-9(4-2)12(10)14/h7-8H,3-6H2,1-2H3. The van der Waals surface area contributed by atoms with Gasteiger partial charge in [0.15, 0.2) is 0 Å². The molecule has 78 valence electrons. The number of hydrogen-bond donors (Lipinski definition) is 0. The molecule has 0 unspecified atom stereocenters. The lowest BCUT2D eigenvalue weighted by Crippen LogP contribution is -1.91. The van der Waals surface area contributed by atoms with Crippen LogP contribution in [-0.4, -0.2) is 0 Å². The van der Waals surface area contributed by atoms with E-state index >= 15 is 0 Å². The third-order valence-corrected chi connectivity index (χ3v) is 3.07. The number of halogens is 2. The Hall–Kier alpha value is -0.200. The first kappa shape index (κ1) is 11.9. The number of benzene rings is 1. The second-order valence-electron chi connectivity index (χ2n) is 3.50. The van der Waals surface area contributed by atoms with Crippen molar-refractivity contribution < 1.29 is 0 Å². The third kappa shape index (κ3) is 2.90. The summed E-state index contributed by atoms with van der Waals surface area (Å²) in [5.41, 5.74) is 2.35. The maximum Gasteiger partial charge on any atom is 0.0470 e. The lowest BCUT2D eigenvalue weighted by atomic mass is 10.0. The zero-order valence-electron chi connectivity index (χ0n) is 8.74. The molecule has 0 spiro atoms. The number of rotatable bonds is 4. The minimum atomic E-state index is 0.803. The molecule has 0 radical (unpaired) electrons. The molecule has 1 aromatic rings. The van der Waals surface area contributed by atoms with Crippen LogP contribution >= 0.6 is 23.2 Å². The number of hydrogen-bond acceptors (Lipinski definition) is 0. The van der Waals surface area contributed by atoms with E-state index in [9.17, 15) is 0 Å². The van der Waals surface area contributed by atoms with E-state index in [1.165, 1.54) is 18.4 Å². The Morgan fingerprint density at radius 3 is 2.29 bits per heavy atom. The van der Waals surface area contributed by atoms with E-state index in [2.05, 4.69) is 13.8 Å². The fraction of sp³-hybridized carbons (Fsp3) is 0.500. The van der Waals surface area contributed by atoms with Gasteiger partial charge in [0.1, 0.15) is 0 Å². The van der Waals surface area contributed by atoms with Crippen LogP contribution in [0.5, 0.6) is 0 Å². The lowest BCUT2D eigenvalue weighted by Gasteiger charge is -2.08. The van der Waals surface area contributed by atoms with Gasteiger partial charge in [0, 0.05) is 10.0 Å². The van der Waals surface area contributed by atoms with Gasteiger partial charge in [-0.2, -0.15) is 0 Å². The fourth-order valence-electron chi connectivity index (χ4n) is 1.51. The molecule has 1 rings (SSSR count). The molecule has 0 saturated carbocycles. The van der Waals surface area contributed by atoms with Gasteiger partial charge < -0.3 is 0 Å². The van der Waals surface area contributed by atoms with Crippen LogP contribution in [0.2, 0.25) is 10.0 Å². The van der Waals surface area contributed by atoms with Crippen molar-refractivity contribution in [3.05, 3.63) is 33.3 Å². The normalized spacial score (nSPS) is 10.6. The third-order valence-electron chi connectivity index (χ3n) is 2.37. The van der Waals surface area contributed by atoms with Crippen molar-refractivity contribution in [2.75, 3.05) is 0 Å². The molecule has 0 aliphatic carbocycles. The van der Waals surface area contributed by atoms with Crippen LogP contribution in [0.4, 0.5) is 0 Å². The van der Waals surface area contributed by atoms with Crippen LogP contribution in [0.25, 0.3) is 0 Å². The zero-order valence-corrected chi connectivity index (χ0v) is 10.3. The van der Waals surface area contributed by atoms with Crippen LogP contribution in [-0.2, 0) is 12.8 Å². The van der Waals surface area contributed by atoms with Crippen molar-refractivity contribution in [2.24, 2.45) is 0 Å². The summed E-state index contributed by atoms with van der Waals surface area (Å²) in [6, 6.07) is 3.94. The molecule has 0 aromatic heterocycles. The predicted octanol–water partition coefficient (Wildman–Crippen LogP) is 4.90. The van der Waals surface area contributed by atoms with E-state index in [0.717, 1.165) is 28.5 Å². The van der Waals surface area contributed by atoms with Crippen LogP contribution in [0.15, 0.2) is 12.1 Å². The lowest BCUT2D eigenvalue weighted by molar-refractivity contribution is 0.794. The summed E-state index contributed by atoms with van der Waals surface area (Å²) >= 11 is 12.3. The molecular weight excluding hydrogens is 215 g/mol. The second-order valence-corrected chi connectivity index (χ2v) is 4.31. The summed E-state index contributed by atoms with van der Waals surface area (Å²) in [5, 5.41) is 1.71. The SMILES string of the molecule is CCCCc1cc(Cl)cc(CC)c1Cl. The van der Waals surface area contributed by atoms with Gasteiger partial charge in [-0.15, -0.1) is 0 Å². The monoisotopic (exact) mass is 230 g/mol. The minimum Gasteiger partial charge on any atom is -0.0843 e. The van der Waals surface area contributed by atoms with Crippen molar-refractivity contribution >= 4 is 23.2 Å². The maximum atomic E-state index is 6.26. The summed E-state index contributed by atoms with van der Waals surface area (Å²) < 4.78 is 0. The first-order valence-electron chi connectivity index (χ1n) is 5.15. The molecule has 0 saturated heterocycles. The van der Waals surface area contributed by atoms with E-state index in [1.807, 2.05) is 12.1 Å². The Labute approximate surface area is 96.2 Å². The average Bonchev–Trinajstić information content (AvgIpc) is 2.18. The summed E-state index contributed by atoms with van der Waals surface area (Å²) in [7, 11) is 0. The van der Waals surface area contributed by atoms with Gasteiger partial charge in [-0.05, 0) is 42.5 Å². The average molecular weight is 231 g/mol. The molecule has 0 aliphatic heterocycles. The molecule has 0 N–H and O–H groups in total. The molecule has 14 heavy (non-hydrogen) atoms. The summed E-state index contributed by atoms with van der Waals surface area (Å²) in [6.45, 7) is 4.28. The first-order valence-corrected chi connectivity index (χ1v) is 5.91. The Morgan fingerprint density at radius 2 is 1.71 bits per heavy atom. The summed E-state index contributed by atoms with van der Waals surface area (Å²) in [4.78, 5) is 0. The highest BCUT2D eigenvalue weighted by molar-refractivity contribution is 6.34. The van der Waals surface area contributed by atoms with Crippen LogP contribution in [0.1, 0.15) is 37.8 Å². The van der Waals surface area contributed by atoms with Gasteiger partial charge in [-0.25, -0.2) is 0 Å². The maximum absolute atomic E-state index is 6.26. The van der Waals surface area contributed by atoms with Gasteiger partial charge in [0.25, 0.3) is 0 Å². The molecular formula is C12H16Cl2. The summed E-state index contributed by atoms with van der Waals surface area (Å²) in [6.07, 6.45) is 4.33. The van der Waals surface area contributed by atoms with Gasteiger partial charge in [-0.1, -0.05) is 43.5 Å². The van der Waals surface area contributed by atoms with Crippen molar-refractivity contribution in [1.29, 1.82) is 0 Å². The molecule has 0 bridgehead atoms. The first-order chi connectivity index (χ1) is 6.69. The smallest absolute Gasteiger partial charge is 0.0470 e. The Balaban J connectivity index is 2.96. The van der Waals surface area contributed by atoms with Crippen molar-refractivity contribution in [3.8, 4) is 0 Å². The topological polar surface area (TPSA) is 0 Å². The Bertz CT molecular complexity index is 305. The largest absolute Gasteiger partial charge is 0.0843 e. The van der Waals surface area contributed by atoms with Crippen molar-refractivity contribution in [1.82, 2.24) is 0 Å². The van der Waals surface area contributed by atoms with Gasteiger partial charge in [0.05, 0.1) is 0 Å². The van der Waals surface area contributed by atoms with Gasteiger partial charge in [0.2, 0.25) is 0 Å². The Kier molecular flexibility index (Phi) is 4.77. The highest BCUT2D eigenvalue weighted by Crippen LogP contribution is 2.27. The number of unbranched alkanes of at least 4 members (excludes halogenated alkanes) is 1.